The largest absolute Gasteiger partial charge is 0.465 e. The van der Waals surface area contributed by atoms with Crippen LogP contribution in [0.2, 0.25) is 0 Å². The first-order chi connectivity index (χ1) is 16.6. The van der Waals surface area contributed by atoms with Crippen molar-refractivity contribution < 1.29 is 23.9 Å². The number of hydrogen-bond acceptors (Lipinski definition) is 9. The number of primary amides is 1. The molecule has 5 N–H and O–H groups in total. The minimum absolute atomic E-state index is 0.0308. The second-order valence-electron chi connectivity index (χ2n) is 7.52. The number of anilines is 2. The van der Waals surface area contributed by atoms with E-state index in [2.05, 4.69) is 9.69 Å². The summed E-state index contributed by atoms with van der Waals surface area (Å²) in [5, 5.41) is 4.33. The summed E-state index contributed by atoms with van der Waals surface area (Å²) in [6.07, 6.45) is 0. The average molecular weight is 516 g/mol. The highest BCUT2D eigenvalue weighted by molar-refractivity contribution is 7.10. The van der Waals surface area contributed by atoms with Gasteiger partial charge in [-0.1, -0.05) is 12.1 Å². The summed E-state index contributed by atoms with van der Waals surface area (Å²) in [7, 11) is 0. The molecule has 0 aliphatic rings. The highest BCUT2D eigenvalue weighted by Crippen LogP contribution is 2.35. The number of esters is 1. The van der Waals surface area contributed by atoms with Crippen LogP contribution in [-0.2, 0) is 14.3 Å². The second-order valence-corrected chi connectivity index (χ2v) is 9.28. The van der Waals surface area contributed by atoms with Gasteiger partial charge in [-0.25, -0.2) is 0 Å². The first kappa shape index (κ1) is 25.8. The third-order valence-electron chi connectivity index (χ3n) is 5.17. The fraction of sp³-hybridized carbons (Fsp3) is 0.261. The van der Waals surface area contributed by atoms with Crippen molar-refractivity contribution in [2.24, 2.45) is 5.73 Å². The molecule has 0 unspecified atom stereocenters. The summed E-state index contributed by atoms with van der Waals surface area (Å²) in [5.41, 5.74) is 13.3. The lowest BCUT2D eigenvalue weighted by molar-refractivity contribution is -0.143. The number of amides is 3. The van der Waals surface area contributed by atoms with Gasteiger partial charge in [-0.15, -0.1) is 11.3 Å². The van der Waals surface area contributed by atoms with Crippen LogP contribution in [0.15, 0.2) is 35.7 Å². The van der Waals surface area contributed by atoms with Crippen molar-refractivity contribution in [3.63, 3.8) is 0 Å². The van der Waals surface area contributed by atoms with Crippen molar-refractivity contribution in [3.05, 3.63) is 62.3 Å². The molecule has 0 aliphatic carbocycles. The van der Waals surface area contributed by atoms with Gasteiger partial charge in [0.25, 0.3) is 11.8 Å². The minimum Gasteiger partial charge on any atom is -0.465 e. The van der Waals surface area contributed by atoms with Crippen LogP contribution in [0.3, 0.4) is 0 Å². The Bertz CT molecular complexity index is 1260. The number of carbonyl (C=O) groups excluding carboxylic acids is 4. The third kappa shape index (κ3) is 5.66. The quantitative estimate of drug-likeness (QED) is 0.370. The number of benzene rings is 1. The number of thiophene rings is 1. The molecule has 35 heavy (non-hydrogen) atoms. The molecule has 0 spiro atoms. The van der Waals surface area contributed by atoms with E-state index >= 15 is 0 Å². The van der Waals surface area contributed by atoms with E-state index in [0.717, 1.165) is 22.7 Å². The van der Waals surface area contributed by atoms with Gasteiger partial charge in [0.15, 0.2) is 11.7 Å². The fourth-order valence-corrected chi connectivity index (χ4v) is 4.84. The first-order valence-electron chi connectivity index (χ1n) is 10.6. The molecule has 0 radical (unpaired) electrons. The van der Waals surface area contributed by atoms with Gasteiger partial charge in [-0.3, -0.25) is 24.1 Å². The lowest BCUT2D eigenvalue weighted by Gasteiger charge is -2.30. The van der Waals surface area contributed by atoms with E-state index in [1.807, 2.05) is 19.9 Å². The van der Waals surface area contributed by atoms with Crippen molar-refractivity contribution in [2.45, 2.75) is 26.8 Å². The maximum atomic E-state index is 13.9. The van der Waals surface area contributed by atoms with E-state index in [-0.39, 0.29) is 29.4 Å². The zero-order valence-electron chi connectivity index (χ0n) is 19.4. The Labute approximate surface area is 210 Å². The summed E-state index contributed by atoms with van der Waals surface area (Å²) in [6, 6.07) is 7.65. The van der Waals surface area contributed by atoms with E-state index in [1.165, 1.54) is 16.2 Å². The summed E-state index contributed by atoms with van der Waals surface area (Å²) < 4.78 is 8.82. The SMILES string of the molecule is CCOC(=O)CNC(=O)[C@@H](c1cccs1)N(C(=O)c1snc(C(N)=O)c1N)c1ccc(C)c(C)c1. The van der Waals surface area contributed by atoms with E-state index in [4.69, 9.17) is 16.2 Å². The number of aromatic nitrogens is 1. The van der Waals surface area contributed by atoms with Gasteiger partial charge in [-0.05, 0) is 67.0 Å². The predicted molar refractivity (Wildman–Crippen MR) is 134 cm³/mol. The molecule has 2 heterocycles. The van der Waals surface area contributed by atoms with Crippen molar-refractivity contribution >= 4 is 57.9 Å². The molecule has 2 aromatic heterocycles. The molecule has 0 aliphatic heterocycles. The molecule has 0 saturated heterocycles. The van der Waals surface area contributed by atoms with Crippen molar-refractivity contribution in [2.75, 3.05) is 23.8 Å². The van der Waals surface area contributed by atoms with Crippen LogP contribution in [0.25, 0.3) is 0 Å². The predicted octanol–water partition coefficient (Wildman–Crippen LogP) is 2.57. The van der Waals surface area contributed by atoms with Crippen LogP contribution < -0.4 is 21.7 Å². The van der Waals surface area contributed by atoms with Crippen molar-refractivity contribution in [1.82, 2.24) is 9.69 Å². The van der Waals surface area contributed by atoms with E-state index in [1.54, 1.807) is 36.6 Å². The number of nitrogens with zero attached hydrogens (tertiary/aromatic N) is 2. The van der Waals surface area contributed by atoms with E-state index in [0.29, 0.717) is 10.6 Å². The molecule has 0 fully saturated rings. The first-order valence-corrected chi connectivity index (χ1v) is 12.2. The molecule has 184 valence electrons. The van der Waals surface area contributed by atoms with E-state index in [9.17, 15) is 19.2 Å². The molecular weight excluding hydrogens is 490 g/mol. The molecule has 3 aromatic rings. The monoisotopic (exact) mass is 515 g/mol. The molecular formula is C23H25N5O5S2. The van der Waals surface area contributed by atoms with Crippen LogP contribution in [0, 0.1) is 13.8 Å². The highest BCUT2D eigenvalue weighted by atomic mass is 32.1. The van der Waals surface area contributed by atoms with Crippen molar-refractivity contribution in [3.8, 4) is 0 Å². The Morgan fingerprint density at radius 3 is 2.49 bits per heavy atom. The van der Waals surface area contributed by atoms with E-state index < -0.39 is 29.7 Å². The van der Waals surface area contributed by atoms with Crippen LogP contribution >= 0.6 is 22.9 Å². The maximum absolute atomic E-state index is 13.9. The second kappa shape index (κ2) is 11.1. The Morgan fingerprint density at radius 1 is 1.17 bits per heavy atom. The number of carbonyl (C=O) groups is 4. The van der Waals surface area contributed by atoms with Gasteiger partial charge in [0.05, 0.1) is 12.3 Å². The number of nitrogens with one attached hydrogen (secondary N) is 1. The molecule has 3 amide bonds. The van der Waals surface area contributed by atoms with Crippen LogP contribution in [0.4, 0.5) is 11.4 Å². The van der Waals surface area contributed by atoms with Gasteiger partial charge in [-0.2, -0.15) is 4.37 Å². The van der Waals surface area contributed by atoms with Crippen molar-refractivity contribution in [1.29, 1.82) is 0 Å². The standard InChI is InChI=1S/C23H25N5O5S2/c1-4-33-16(29)11-26-22(31)19(15-6-5-9-34-15)28(14-8-7-12(2)13(3)10-14)23(32)20-17(24)18(21(25)30)27-35-20/h5-10,19H,4,11,24H2,1-3H3,(H2,25,30)(H,26,31)/t19-/m1/s1. The third-order valence-corrected chi connectivity index (χ3v) is 6.95. The molecule has 3 rings (SSSR count). The van der Waals surface area contributed by atoms with Gasteiger partial charge < -0.3 is 21.5 Å². The van der Waals surface area contributed by atoms with Gasteiger partial charge >= 0.3 is 5.97 Å². The average Bonchev–Trinajstić information content (AvgIpc) is 3.47. The Kier molecular flexibility index (Phi) is 8.20. The van der Waals surface area contributed by atoms with Gasteiger partial charge in [0.2, 0.25) is 5.91 Å². The Balaban J connectivity index is 2.12. The summed E-state index contributed by atoms with van der Waals surface area (Å²) in [4.78, 5) is 52.6. The molecule has 1 atom stereocenters. The summed E-state index contributed by atoms with van der Waals surface area (Å²) in [6.45, 7) is 5.28. The van der Waals surface area contributed by atoms with Crippen LogP contribution in [0.5, 0.6) is 0 Å². The number of nitrogens with two attached hydrogens (primary N) is 2. The minimum atomic E-state index is -1.14. The Hall–Kier alpha value is -3.77. The normalized spacial score (nSPS) is 11.5. The molecule has 0 bridgehead atoms. The summed E-state index contributed by atoms with van der Waals surface area (Å²) >= 11 is 2.00. The number of rotatable bonds is 9. The van der Waals surface area contributed by atoms with Crippen LogP contribution in [0.1, 0.15) is 49.1 Å². The number of ether oxygens (including phenoxy) is 1. The number of nitrogen functional groups attached to an aromatic ring is 1. The van der Waals surface area contributed by atoms with Gasteiger partial charge in [0.1, 0.15) is 11.4 Å². The lowest BCUT2D eigenvalue weighted by atomic mass is 10.1. The summed E-state index contributed by atoms with van der Waals surface area (Å²) in [5.74, 6) is -2.70. The number of aryl methyl sites for hydroxylation is 2. The molecule has 12 heteroatoms. The zero-order chi connectivity index (χ0) is 25.7. The van der Waals surface area contributed by atoms with Crippen LogP contribution in [-0.4, -0.2) is 41.2 Å². The molecule has 10 nitrogen and oxygen atoms in total. The topological polar surface area (TPSA) is 158 Å². The smallest absolute Gasteiger partial charge is 0.325 e. The van der Waals surface area contributed by atoms with Gasteiger partial charge in [0, 0.05) is 10.6 Å². The maximum Gasteiger partial charge on any atom is 0.325 e. The highest BCUT2D eigenvalue weighted by Gasteiger charge is 2.36. The zero-order valence-corrected chi connectivity index (χ0v) is 21.0. The molecule has 1 aromatic carbocycles. The lowest BCUT2D eigenvalue weighted by Crippen LogP contribution is -2.45. The Morgan fingerprint density at radius 2 is 1.91 bits per heavy atom. The number of hydrogen-bond donors (Lipinski definition) is 3. The fourth-order valence-electron chi connectivity index (χ4n) is 3.29. The molecule has 0 saturated carbocycles.